The molecule has 0 aliphatic heterocycles. The lowest BCUT2D eigenvalue weighted by Crippen LogP contribution is -2.30. The molecule has 1 amide bonds. The zero-order valence-corrected chi connectivity index (χ0v) is 15.1. The van der Waals surface area contributed by atoms with Crippen molar-refractivity contribution < 1.29 is 4.79 Å². The van der Waals surface area contributed by atoms with Crippen molar-refractivity contribution in [2.45, 2.75) is 43.1 Å². The second-order valence-electron chi connectivity index (χ2n) is 6.31. The fourth-order valence-electron chi connectivity index (χ4n) is 2.99. The molecule has 25 heavy (non-hydrogen) atoms. The van der Waals surface area contributed by atoms with Gasteiger partial charge in [-0.25, -0.2) is 0 Å². The van der Waals surface area contributed by atoms with Gasteiger partial charge in [-0.05, 0) is 32.8 Å². The fraction of sp³-hybridized carbons (Fsp3) is 0.389. The van der Waals surface area contributed by atoms with E-state index in [-0.39, 0.29) is 11.2 Å². The summed E-state index contributed by atoms with van der Waals surface area (Å²) in [7, 11) is 0. The standard InChI is InChI=1S/C18H21N5OS/c1-3-19-17(24)11(2)25-18-22-21-16(23(18)12-8-9-12)14-10-20-15-7-5-4-6-13(14)15/h4-7,10-12,20H,3,8-9H2,1-2H3,(H,19,24). The maximum absolute atomic E-state index is 12.1. The molecule has 0 saturated heterocycles. The normalized spacial score (nSPS) is 15.4. The molecule has 3 aromatic rings. The number of amides is 1. The van der Waals surface area contributed by atoms with Gasteiger partial charge in [-0.3, -0.25) is 9.36 Å². The second-order valence-corrected chi connectivity index (χ2v) is 7.62. The third-order valence-corrected chi connectivity index (χ3v) is 5.47. The molecule has 1 saturated carbocycles. The second kappa shape index (κ2) is 6.55. The molecule has 0 radical (unpaired) electrons. The molecule has 6 nitrogen and oxygen atoms in total. The lowest BCUT2D eigenvalue weighted by molar-refractivity contribution is -0.120. The van der Waals surface area contributed by atoms with Gasteiger partial charge >= 0.3 is 0 Å². The average molecular weight is 355 g/mol. The van der Waals surface area contributed by atoms with Crippen molar-refractivity contribution in [1.29, 1.82) is 0 Å². The number of hydrogen-bond acceptors (Lipinski definition) is 4. The van der Waals surface area contributed by atoms with Crippen molar-refractivity contribution in [3.63, 3.8) is 0 Å². The van der Waals surface area contributed by atoms with Crippen LogP contribution in [0.15, 0.2) is 35.6 Å². The van der Waals surface area contributed by atoms with E-state index in [4.69, 9.17) is 0 Å². The first-order valence-electron chi connectivity index (χ1n) is 8.64. The number of carbonyl (C=O) groups excluding carboxylic acids is 1. The van der Waals surface area contributed by atoms with Gasteiger partial charge in [0.05, 0.1) is 5.25 Å². The smallest absolute Gasteiger partial charge is 0.233 e. The summed E-state index contributed by atoms with van der Waals surface area (Å²) in [6.07, 6.45) is 4.27. The van der Waals surface area contributed by atoms with Gasteiger partial charge in [0, 0.05) is 35.2 Å². The van der Waals surface area contributed by atoms with Crippen molar-refractivity contribution in [3.05, 3.63) is 30.5 Å². The Morgan fingerprint density at radius 1 is 1.40 bits per heavy atom. The molecule has 1 atom stereocenters. The third kappa shape index (κ3) is 3.04. The molecule has 130 valence electrons. The van der Waals surface area contributed by atoms with E-state index in [0.29, 0.717) is 12.6 Å². The first-order chi connectivity index (χ1) is 12.2. The van der Waals surface area contributed by atoms with E-state index < -0.39 is 0 Å². The molecule has 7 heteroatoms. The van der Waals surface area contributed by atoms with Gasteiger partial charge < -0.3 is 10.3 Å². The van der Waals surface area contributed by atoms with Gasteiger partial charge in [0.25, 0.3) is 0 Å². The molecule has 0 bridgehead atoms. The number of rotatable bonds is 6. The molecule has 1 aliphatic carbocycles. The van der Waals surface area contributed by atoms with E-state index in [0.717, 1.165) is 40.3 Å². The Morgan fingerprint density at radius 3 is 2.96 bits per heavy atom. The van der Waals surface area contributed by atoms with E-state index in [2.05, 4.69) is 37.2 Å². The number of aromatic nitrogens is 4. The van der Waals surface area contributed by atoms with Crippen molar-refractivity contribution in [1.82, 2.24) is 25.1 Å². The van der Waals surface area contributed by atoms with Gasteiger partial charge in [-0.2, -0.15) is 0 Å². The Labute approximate surface area is 150 Å². The van der Waals surface area contributed by atoms with Crippen LogP contribution >= 0.6 is 11.8 Å². The highest BCUT2D eigenvalue weighted by Crippen LogP contribution is 2.42. The van der Waals surface area contributed by atoms with E-state index in [1.54, 1.807) is 0 Å². The van der Waals surface area contributed by atoms with Gasteiger partial charge in [0.2, 0.25) is 5.91 Å². The quantitative estimate of drug-likeness (QED) is 0.665. The number of para-hydroxylation sites is 1. The van der Waals surface area contributed by atoms with E-state index in [1.165, 1.54) is 11.8 Å². The highest BCUT2D eigenvalue weighted by Gasteiger charge is 2.32. The molecule has 1 aliphatic rings. The first-order valence-corrected chi connectivity index (χ1v) is 9.52. The lowest BCUT2D eigenvalue weighted by atomic mass is 10.1. The van der Waals surface area contributed by atoms with Gasteiger partial charge in [-0.1, -0.05) is 30.0 Å². The summed E-state index contributed by atoms with van der Waals surface area (Å²) in [6, 6.07) is 8.64. The Bertz CT molecular complexity index is 911. The molecule has 1 unspecified atom stereocenters. The maximum atomic E-state index is 12.1. The van der Waals surface area contributed by atoms with Crippen LogP contribution in [0.4, 0.5) is 0 Å². The van der Waals surface area contributed by atoms with E-state index in [1.807, 2.05) is 32.2 Å². The third-order valence-electron chi connectivity index (χ3n) is 4.41. The van der Waals surface area contributed by atoms with Crippen molar-refractivity contribution >= 4 is 28.6 Å². The summed E-state index contributed by atoms with van der Waals surface area (Å²) in [6.45, 7) is 4.48. The minimum absolute atomic E-state index is 0.0338. The predicted molar refractivity (Wildman–Crippen MR) is 99.6 cm³/mol. The summed E-state index contributed by atoms with van der Waals surface area (Å²) in [5, 5.41) is 13.5. The largest absolute Gasteiger partial charge is 0.360 e. The summed E-state index contributed by atoms with van der Waals surface area (Å²) in [5.74, 6) is 0.914. The minimum Gasteiger partial charge on any atom is -0.360 e. The zero-order valence-electron chi connectivity index (χ0n) is 14.3. The van der Waals surface area contributed by atoms with E-state index >= 15 is 0 Å². The number of nitrogens with one attached hydrogen (secondary N) is 2. The molecule has 2 aromatic heterocycles. The van der Waals surface area contributed by atoms with Crippen LogP contribution in [0.2, 0.25) is 0 Å². The maximum Gasteiger partial charge on any atom is 0.233 e. The van der Waals surface area contributed by atoms with Gasteiger partial charge in [-0.15, -0.1) is 10.2 Å². The summed E-state index contributed by atoms with van der Waals surface area (Å²) in [4.78, 5) is 15.4. The molecule has 4 rings (SSSR count). The SMILES string of the molecule is CCNC(=O)C(C)Sc1nnc(-c2c[nH]c3ccccc23)n1C1CC1. The molecular formula is C18H21N5OS. The zero-order chi connectivity index (χ0) is 17.4. The summed E-state index contributed by atoms with van der Waals surface area (Å²) >= 11 is 1.48. The Morgan fingerprint density at radius 2 is 2.20 bits per heavy atom. The van der Waals surface area contributed by atoms with Crippen LogP contribution in [0.25, 0.3) is 22.3 Å². The van der Waals surface area contributed by atoms with Gasteiger partial charge in [0.1, 0.15) is 0 Å². The fourth-order valence-corrected chi connectivity index (χ4v) is 3.93. The van der Waals surface area contributed by atoms with Crippen LogP contribution < -0.4 is 5.32 Å². The first kappa shape index (κ1) is 16.2. The number of fused-ring (bicyclic) bond motifs is 1. The number of hydrogen-bond donors (Lipinski definition) is 2. The van der Waals surface area contributed by atoms with Crippen molar-refractivity contribution in [2.24, 2.45) is 0 Å². The van der Waals surface area contributed by atoms with Crippen LogP contribution in [0, 0.1) is 0 Å². The molecule has 0 spiro atoms. The summed E-state index contributed by atoms with van der Waals surface area (Å²) in [5.41, 5.74) is 2.15. The molecule has 2 heterocycles. The van der Waals surface area contributed by atoms with Gasteiger partial charge in [0.15, 0.2) is 11.0 Å². The average Bonchev–Trinajstić information content (AvgIpc) is 3.23. The lowest BCUT2D eigenvalue weighted by Gasteiger charge is -2.12. The van der Waals surface area contributed by atoms with Crippen LogP contribution in [0.1, 0.15) is 32.7 Å². The monoisotopic (exact) mass is 355 g/mol. The topological polar surface area (TPSA) is 75.6 Å². The number of thioether (sulfide) groups is 1. The van der Waals surface area contributed by atoms with Crippen molar-refractivity contribution in [2.75, 3.05) is 6.54 Å². The number of carbonyl (C=O) groups is 1. The molecule has 1 aromatic carbocycles. The van der Waals surface area contributed by atoms with E-state index in [9.17, 15) is 4.79 Å². The Hall–Kier alpha value is -2.28. The van der Waals surface area contributed by atoms with Crippen molar-refractivity contribution in [3.8, 4) is 11.4 Å². The van der Waals surface area contributed by atoms with Crippen LogP contribution in [0.5, 0.6) is 0 Å². The number of H-pyrrole nitrogens is 1. The highest BCUT2D eigenvalue weighted by molar-refractivity contribution is 8.00. The molecular weight excluding hydrogens is 334 g/mol. The molecule has 1 fully saturated rings. The number of nitrogens with zero attached hydrogens (tertiary/aromatic N) is 3. The summed E-state index contributed by atoms with van der Waals surface area (Å²) < 4.78 is 2.20. The van der Waals surface area contributed by atoms with Crippen LogP contribution in [-0.4, -0.2) is 37.5 Å². The Balaban J connectivity index is 1.70. The minimum atomic E-state index is -0.197. The Kier molecular flexibility index (Phi) is 4.25. The highest BCUT2D eigenvalue weighted by atomic mass is 32.2. The molecule has 2 N–H and O–H groups in total. The van der Waals surface area contributed by atoms with Crippen LogP contribution in [0.3, 0.4) is 0 Å². The number of benzene rings is 1. The number of aromatic amines is 1. The predicted octanol–water partition coefficient (Wildman–Crippen LogP) is 3.38. The van der Waals surface area contributed by atoms with Crippen LogP contribution in [-0.2, 0) is 4.79 Å².